The van der Waals surface area contributed by atoms with Crippen LogP contribution in [0.4, 0.5) is 0 Å². The largest absolute Gasteiger partial charge is 0.479 e. The van der Waals surface area contributed by atoms with Gasteiger partial charge in [-0.2, -0.15) is 0 Å². The Kier molecular flexibility index (Phi) is 51.9. The summed E-state index contributed by atoms with van der Waals surface area (Å²) in [6.45, 7) is 6.00. The van der Waals surface area contributed by atoms with E-state index in [2.05, 4.69) is 57.2 Å². The van der Waals surface area contributed by atoms with Crippen LogP contribution in [-0.2, 0) is 42.9 Å². The first-order chi connectivity index (χ1) is 38.6. The summed E-state index contributed by atoms with van der Waals surface area (Å²) in [4.78, 5) is 51.3. The fraction of sp³-hybridized carbons (Fsp3) is 0.851. The number of unbranched alkanes of at least 4 members (excludes halogenated alkanes) is 37. The molecular formula is C67H120O12. The van der Waals surface area contributed by atoms with Gasteiger partial charge in [-0.3, -0.25) is 14.4 Å². The second-order valence-corrected chi connectivity index (χ2v) is 22.8. The first-order valence-electron chi connectivity index (χ1n) is 33.0. The maximum Gasteiger partial charge on any atom is 0.335 e. The summed E-state index contributed by atoms with van der Waals surface area (Å²) < 4.78 is 28.5. The monoisotopic (exact) mass is 1120 g/mol. The Bertz CT molecular complexity index is 1510. The second kappa shape index (κ2) is 55.5. The summed E-state index contributed by atoms with van der Waals surface area (Å²) in [5.41, 5.74) is 0. The molecule has 0 radical (unpaired) electrons. The molecule has 12 nitrogen and oxygen atoms in total. The van der Waals surface area contributed by atoms with Crippen molar-refractivity contribution in [3.8, 4) is 0 Å². The fourth-order valence-electron chi connectivity index (χ4n) is 10.1. The molecule has 1 heterocycles. The van der Waals surface area contributed by atoms with Gasteiger partial charge in [0.05, 0.1) is 6.61 Å². The smallest absolute Gasteiger partial charge is 0.335 e. The van der Waals surface area contributed by atoms with Crippen LogP contribution in [0.3, 0.4) is 0 Å². The lowest BCUT2D eigenvalue weighted by molar-refractivity contribution is -0.301. The van der Waals surface area contributed by atoms with Crippen LogP contribution in [0.15, 0.2) is 36.5 Å². The highest BCUT2D eigenvalue weighted by Crippen LogP contribution is 2.27. The molecule has 0 aliphatic carbocycles. The molecule has 1 fully saturated rings. The van der Waals surface area contributed by atoms with Gasteiger partial charge in [0.2, 0.25) is 0 Å². The van der Waals surface area contributed by atoms with Crippen LogP contribution in [0, 0.1) is 0 Å². The van der Waals surface area contributed by atoms with Gasteiger partial charge >= 0.3 is 23.9 Å². The molecule has 1 aliphatic heterocycles. The minimum atomic E-state index is -1.91. The van der Waals surface area contributed by atoms with Gasteiger partial charge in [-0.15, -0.1) is 0 Å². The zero-order valence-electron chi connectivity index (χ0n) is 50.9. The van der Waals surface area contributed by atoms with Crippen molar-refractivity contribution in [3.05, 3.63) is 36.5 Å². The van der Waals surface area contributed by atoms with Crippen molar-refractivity contribution in [2.45, 2.75) is 353 Å². The molecule has 6 atom stereocenters. The number of hydrogen-bond donors (Lipinski definition) is 3. The van der Waals surface area contributed by atoms with Crippen molar-refractivity contribution in [1.29, 1.82) is 0 Å². The topological polar surface area (TPSA) is 175 Å². The molecule has 0 aromatic heterocycles. The van der Waals surface area contributed by atoms with Crippen molar-refractivity contribution in [2.24, 2.45) is 0 Å². The van der Waals surface area contributed by atoms with Gasteiger partial charge in [-0.05, 0) is 77.0 Å². The standard InChI is InChI=1S/C67H120O12/c1-4-7-10-13-16-19-22-25-28-29-30-31-34-35-38-41-44-47-50-53-59(68)75-56-58(77-60(69)54-51-48-45-42-39-36-32-26-23-20-17-14-11-8-5-2)57-76-67-65(63(72)62(71)64(79-67)66(73)74)78-61(70)55-52-49-46-43-40-37-33-27-24-21-18-15-12-9-6-3/h18,21,26-27,32-33,58,62-65,67,71-72H,4-17,19-20,22-25,28-31,34-57H2,1-3H3,(H,73,74)/b21-18-,32-26-,33-27-. The summed E-state index contributed by atoms with van der Waals surface area (Å²) in [5, 5.41) is 31.6. The fourth-order valence-corrected chi connectivity index (χ4v) is 10.1. The second-order valence-electron chi connectivity index (χ2n) is 22.8. The Morgan fingerprint density at radius 1 is 0.418 bits per heavy atom. The van der Waals surface area contributed by atoms with E-state index < -0.39 is 67.3 Å². The highest BCUT2D eigenvalue weighted by molar-refractivity contribution is 5.74. The molecule has 0 aromatic rings. The van der Waals surface area contributed by atoms with E-state index in [-0.39, 0.29) is 25.9 Å². The number of carboxylic acid groups (broad SMARTS) is 1. The third-order valence-electron chi connectivity index (χ3n) is 15.2. The summed E-state index contributed by atoms with van der Waals surface area (Å²) >= 11 is 0. The molecule has 0 saturated carbocycles. The van der Waals surface area contributed by atoms with Crippen LogP contribution < -0.4 is 0 Å². The number of aliphatic hydroxyl groups is 2. The Morgan fingerprint density at radius 3 is 1.18 bits per heavy atom. The molecule has 460 valence electrons. The lowest BCUT2D eigenvalue weighted by Gasteiger charge is -2.40. The Hall–Kier alpha value is -3.06. The normalized spacial score (nSPS) is 18.0. The number of aliphatic hydroxyl groups excluding tert-OH is 2. The zero-order chi connectivity index (χ0) is 57.5. The molecular weight excluding hydrogens is 997 g/mol. The molecule has 12 heteroatoms. The molecule has 0 spiro atoms. The van der Waals surface area contributed by atoms with E-state index in [1.54, 1.807) is 0 Å². The van der Waals surface area contributed by atoms with Gasteiger partial charge in [-0.25, -0.2) is 4.79 Å². The number of esters is 3. The van der Waals surface area contributed by atoms with Crippen LogP contribution in [0.25, 0.3) is 0 Å². The maximum atomic E-state index is 13.2. The lowest BCUT2D eigenvalue weighted by atomic mass is 9.98. The van der Waals surface area contributed by atoms with E-state index in [0.717, 1.165) is 103 Å². The number of rotatable bonds is 57. The number of carbonyl (C=O) groups is 4. The van der Waals surface area contributed by atoms with E-state index in [9.17, 15) is 34.5 Å². The lowest BCUT2D eigenvalue weighted by Crippen LogP contribution is -2.61. The van der Waals surface area contributed by atoms with Crippen LogP contribution in [-0.4, -0.2) is 89.2 Å². The molecule has 1 aliphatic rings. The molecule has 0 aromatic carbocycles. The van der Waals surface area contributed by atoms with Gasteiger partial charge in [0.1, 0.15) is 18.8 Å². The number of ether oxygens (including phenoxy) is 5. The summed E-state index contributed by atoms with van der Waals surface area (Å²) in [6.07, 6.45) is 53.9. The van der Waals surface area contributed by atoms with Crippen molar-refractivity contribution in [1.82, 2.24) is 0 Å². The first-order valence-corrected chi connectivity index (χ1v) is 33.0. The number of allylic oxidation sites excluding steroid dienone is 6. The molecule has 3 N–H and O–H groups in total. The van der Waals surface area contributed by atoms with Crippen LogP contribution in [0.1, 0.15) is 316 Å². The van der Waals surface area contributed by atoms with E-state index in [1.165, 1.54) is 154 Å². The number of carboxylic acids is 1. The quantitative estimate of drug-likeness (QED) is 0.0228. The third kappa shape index (κ3) is 45.2. The van der Waals surface area contributed by atoms with Crippen molar-refractivity contribution in [2.75, 3.05) is 13.2 Å². The molecule has 0 amide bonds. The summed E-state index contributed by atoms with van der Waals surface area (Å²) in [6, 6.07) is 0. The van der Waals surface area contributed by atoms with Crippen molar-refractivity contribution < 1.29 is 58.2 Å². The molecule has 0 bridgehead atoms. The average Bonchev–Trinajstić information content (AvgIpc) is 3.44. The predicted molar refractivity (Wildman–Crippen MR) is 322 cm³/mol. The van der Waals surface area contributed by atoms with Gasteiger partial charge in [0.25, 0.3) is 0 Å². The van der Waals surface area contributed by atoms with Crippen molar-refractivity contribution >= 4 is 23.9 Å². The minimum absolute atomic E-state index is 0.0466. The SMILES string of the molecule is CCCCC/C=C\C/C=C\CCCCCCCC(=O)OC1C(OCC(COC(=O)CCCCCCCCCCCCCCCCCCCCC)OC(=O)CCCCCCC/C=C\CCCCCCCC)OC(C(=O)O)C(O)C1O. The predicted octanol–water partition coefficient (Wildman–Crippen LogP) is 17.6. The Labute approximate surface area is 482 Å². The van der Waals surface area contributed by atoms with E-state index in [1.807, 2.05) is 0 Å². The number of carbonyl (C=O) groups excluding carboxylic acids is 3. The average molecular weight is 1120 g/mol. The van der Waals surface area contributed by atoms with E-state index in [4.69, 9.17) is 23.7 Å². The maximum absolute atomic E-state index is 13.2. The molecule has 6 unspecified atom stereocenters. The molecule has 1 rings (SSSR count). The number of aliphatic carboxylic acids is 1. The highest BCUT2D eigenvalue weighted by atomic mass is 16.7. The van der Waals surface area contributed by atoms with Gasteiger partial charge < -0.3 is 39.0 Å². The summed E-state index contributed by atoms with van der Waals surface area (Å²) in [5.74, 6) is -3.12. The zero-order valence-corrected chi connectivity index (χ0v) is 50.9. The summed E-state index contributed by atoms with van der Waals surface area (Å²) in [7, 11) is 0. The molecule has 79 heavy (non-hydrogen) atoms. The van der Waals surface area contributed by atoms with Gasteiger partial charge in [0, 0.05) is 19.3 Å². The highest BCUT2D eigenvalue weighted by Gasteiger charge is 2.50. The Morgan fingerprint density at radius 2 is 0.759 bits per heavy atom. The van der Waals surface area contributed by atoms with E-state index in [0.29, 0.717) is 19.3 Å². The van der Waals surface area contributed by atoms with Gasteiger partial charge in [0.15, 0.2) is 24.6 Å². The number of hydrogen-bond acceptors (Lipinski definition) is 11. The van der Waals surface area contributed by atoms with E-state index >= 15 is 0 Å². The van der Waals surface area contributed by atoms with Crippen LogP contribution in [0.5, 0.6) is 0 Å². The first kappa shape index (κ1) is 74.0. The van der Waals surface area contributed by atoms with Crippen LogP contribution in [0.2, 0.25) is 0 Å². The molecule has 1 saturated heterocycles. The van der Waals surface area contributed by atoms with Crippen LogP contribution >= 0.6 is 0 Å². The van der Waals surface area contributed by atoms with Gasteiger partial charge in [-0.1, -0.05) is 256 Å². The Balaban J connectivity index is 2.64. The minimum Gasteiger partial charge on any atom is -0.479 e. The van der Waals surface area contributed by atoms with Crippen molar-refractivity contribution in [3.63, 3.8) is 0 Å². The third-order valence-corrected chi connectivity index (χ3v) is 15.2.